The highest BCUT2D eigenvalue weighted by Gasteiger charge is 2.33. The molecular weight excluding hydrogens is 316 g/mol. The number of nitrogens with one attached hydrogen (secondary N) is 1. The first-order valence-electron chi connectivity index (χ1n) is 9.23. The van der Waals surface area contributed by atoms with Crippen LogP contribution in [0, 0.1) is 0 Å². The van der Waals surface area contributed by atoms with E-state index in [4.69, 9.17) is 0 Å². The SMILES string of the molecule is O=C([C@H]1CCCCN1Cc1nc2ccccc2c(=O)[nH]1)N1CCCC1. The molecule has 2 saturated heterocycles. The molecule has 1 N–H and O–H groups in total. The third kappa shape index (κ3) is 3.31. The molecule has 2 fully saturated rings. The van der Waals surface area contributed by atoms with Gasteiger partial charge in [0, 0.05) is 13.1 Å². The highest BCUT2D eigenvalue weighted by molar-refractivity contribution is 5.82. The highest BCUT2D eigenvalue weighted by Crippen LogP contribution is 2.22. The number of hydrogen-bond donors (Lipinski definition) is 1. The van der Waals surface area contributed by atoms with Gasteiger partial charge in [0.05, 0.1) is 23.5 Å². The van der Waals surface area contributed by atoms with Crippen LogP contribution in [0.4, 0.5) is 0 Å². The van der Waals surface area contributed by atoms with Crippen molar-refractivity contribution < 1.29 is 4.79 Å². The largest absolute Gasteiger partial charge is 0.341 e. The summed E-state index contributed by atoms with van der Waals surface area (Å²) in [7, 11) is 0. The summed E-state index contributed by atoms with van der Waals surface area (Å²) < 4.78 is 0. The molecule has 0 unspecified atom stereocenters. The van der Waals surface area contributed by atoms with Gasteiger partial charge < -0.3 is 9.88 Å². The van der Waals surface area contributed by atoms with Crippen molar-refractivity contribution >= 4 is 16.8 Å². The Hall–Kier alpha value is -2.21. The maximum absolute atomic E-state index is 12.9. The number of aromatic amines is 1. The van der Waals surface area contributed by atoms with Crippen LogP contribution in [0.3, 0.4) is 0 Å². The highest BCUT2D eigenvalue weighted by atomic mass is 16.2. The summed E-state index contributed by atoms with van der Waals surface area (Å²) >= 11 is 0. The van der Waals surface area contributed by atoms with Crippen molar-refractivity contribution in [3.8, 4) is 0 Å². The van der Waals surface area contributed by atoms with E-state index in [0.717, 1.165) is 51.7 Å². The Morgan fingerprint density at radius 2 is 1.88 bits per heavy atom. The second-order valence-corrected chi connectivity index (χ2v) is 7.04. The summed E-state index contributed by atoms with van der Waals surface area (Å²) in [6, 6.07) is 7.29. The third-order valence-corrected chi connectivity index (χ3v) is 5.33. The van der Waals surface area contributed by atoms with Gasteiger partial charge in [-0.1, -0.05) is 18.6 Å². The molecule has 2 aliphatic heterocycles. The quantitative estimate of drug-likeness (QED) is 0.926. The van der Waals surface area contributed by atoms with Gasteiger partial charge in [-0.3, -0.25) is 14.5 Å². The second-order valence-electron chi connectivity index (χ2n) is 7.04. The normalized spacial score (nSPS) is 21.8. The Morgan fingerprint density at radius 1 is 1.12 bits per heavy atom. The predicted octanol–water partition coefficient (Wildman–Crippen LogP) is 1.90. The van der Waals surface area contributed by atoms with Gasteiger partial charge in [-0.2, -0.15) is 0 Å². The molecule has 0 saturated carbocycles. The Bertz CT molecular complexity index is 826. The molecule has 6 nitrogen and oxygen atoms in total. The van der Waals surface area contributed by atoms with E-state index in [1.165, 1.54) is 0 Å². The average Bonchev–Trinajstić information content (AvgIpc) is 3.16. The molecule has 6 heteroatoms. The van der Waals surface area contributed by atoms with E-state index >= 15 is 0 Å². The Morgan fingerprint density at radius 3 is 2.72 bits per heavy atom. The number of nitrogens with zero attached hydrogens (tertiary/aromatic N) is 3. The maximum Gasteiger partial charge on any atom is 0.258 e. The lowest BCUT2D eigenvalue weighted by atomic mass is 10.0. The summed E-state index contributed by atoms with van der Waals surface area (Å²) in [5.41, 5.74) is 0.598. The molecule has 0 bridgehead atoms. The van der Waals surface area contributed by atoms with Crippen molar-refractivity contribution in [2.24, 2.45) is 0 Å². The number of amides is 1. The molecule has 132 valence electrons. The number of likely N-dealkylation sites (tertiary alicyclic amines) is 2. The molecule has 0 radical (unpaired) electrons. The number of hydrogen-bond acceptors (Lipinski definition) is 4. The standard InChI is InChI=1S/C19H24N4O2/c24-18-14-7-1-2-8-15(14)20-17(21-18)13-23-12-4-3-9-16(23)19(25)22-10-5-6-11-22/h1-2,7-8,16H,3-6,9-13H2,(H,20,21,24)/t16-/m1/s1. The lowest BCUT2D eigenvalue weighted by Gasteiger charge is -2.36. The van der Waals surface area contributed by atoms with Crippen molar-refractivity contribution in [2.45, 2.75) is 44.7 Å². The third-order valence-electron chi connectivity index (χ3n) is 5.33. The number of fused-ring (bicyclic) bond motifs is 1. The van der Waals surface area contributed by atoms with Crippen LogP contribution < -0.4 is 5.56 Å². The van der Waals surface area contributed by atoms with Crippen LogP contribution in [0.2, 0.25) is 0 Å². The molecule has 1 amide bonds. The first kappa shape index (κ1) is 16.3. The zero-order valence-corrected chi connectivity index (χ0v) is 14.4. The van der Waals surface area contributed by atoms with Crippen LogP contribution in [-0.4, -0.2) is 51.4 Å². The van der Waals surface area contributed by atoms with Gasteiger partial charge in [-0.25, -0.2) is 4.98 Å². The molecule has 25 heavy (non-hydrogen) atoms. The molecule has 4 rings (SSSR count). The van der Waals surface area contributed by atoms with E-state index in [9.17, 15) is 9.59 Å². The number of para-hydroxylation sites is 1. The lowest BCUT2D eigenvalue weighted by Crippen LogP contribution is -2.50. The number of benzene rings is 1. The Balaban J connectivity index is 1.57. The first-order valence-corrected chi connectivity index (χ1v) is 9.23. The van der Waals surface area contributed by atoms with Gasteiger partial charge in [0.1, 0.15) is 5.82 Å². The van der Waals surface area contributed by atoms with E-state index in [-0.39, 0.29) is 17.5 Å². The molecule has 0 spiro atoms. The van der Waals surface area contributed by atoms with Gasteiger partial charge in [-0.15, -0.1) is 0 Å². The minimum absolute atomic E-state index is 0.0800. The van der Waals surface area contributed by atoms with E-state index in [2.05, 4.69) is 14.9 Å². The predicted molar refractivity (Wildman–Crippen MR) is 96.2 cm³/mol. The minimum Gasteiger partial charge on any atom is -0.341 e. The van der Waals surface area contributed by atoms with Crippen LogP contribution in [0.5, 0.6) is 0 Å². The fourth-order valence-corrected chi connectivity index (χ4v) is 4.01. The van der Waals surface area contributed by atoms with Crippen molar-refractivity contribution in [1.82, 2.24) is 19.8 Å². The van der Waals surface area contributed by atoms with Gasteiger partial charge in [0.2, 0.25) is 5.91 Å². The van der Waals surface area contributed by atoms with Crippen LogP contribution in [0.25, 0.3) is 10.9 Å². The van der Waals surface area contributed by atoms with Crippen LogP contribution in [0.15, 0.2) is 29.1 Å². The summed E-state index contributed by atoms with van der Waals surface area (Å²) in [4.78, 5) is 36.8. The summed E-state index contributed by atoms with van der Waals surface area (Å²) in [5, 5.41) is 0.606. The smallest absolute Gasteiger partial charge is 0.258 e. The van der Waals surface area contributed by atoms with E-state index in [1.54, 1.807) is 6.07 Å². The fraction of sp³-hybridized carbons (Fsp3) is 0.526. The van der Waals surface area contributed by atoms with Gasteiger partial charge in [-0.05, 0) is 44.4 Å². The average molecular weight is 340 g/mol. The fourth-order valence-electron chi connectivity index (χ4n) is 4.01. The van der Waals surface area contributed by atoms with Crippen molar-refractivity contribution in [3.63, 3.8) is 0 Å². The molecule has 1 atom stereocenters. The number of carbonyl (C=O) groups excluding carboxylic acids is 1. The number of H-pyrrole nitrogens is 1. The molecular formula is C19H24N4O2. The molecule has 1 aromatic carbocycles. The summed E-state index contributed by atoms with van der Waals surface area (Å²) in [6.07, 6.45) is 5.28. The van der Waals surface area contributed by atoms with Crippen LogP contribution in [0.1, 0.15) is 37.9 Å². The number of rotatable bonds is 3. The summed E-state index contributed by atoms with van der Waals surface area (Å²) in [6.45, 7) is 3.16. The topological polar surface area (TPSA) is 69.3 Å². The van der Waals surface area contributed by atoms with Gasteiger partial charge in [0.15, 0.2) is 0 Å². The van der Waals surface area contributed by atoms with E-state index in [1.807, 2.05) is 23.1 Å². The first-order chi connectivity index (χ1) is 12.2. The molecule has 1 aromatic heterocycles. The zero-order chi connectivity index (χ0) is 17.2. The number of piperidine rings is 1. The second kappa shape index (κ2) is 6.96. The molecule has 2 aromatic rings. The van der Waals surface area contributed by atoms with Gasteiger partial charge in [0.25, 0.3) is 5.56 Å². The molecule has 2 aliphatic rings. The molecule has 0 aliphatic carbocycles. The van der Waals surface area contributed by atoms with E-state index < -0.39 is 0 Å². The van der Waals surface area contributed by atoms with Crippen LogP contribution >= 0.6 is 0 Å². The Labute approximate surface area is 146 Å². The number of carbonyl (C=O) groups is 1. The van der Waals surface area contributed by atoms with Crippen LogP contribution in [-0.2, 0) is 11.3 Å². The lowest BCUT2D eigenvalue weighted by molar-refractivity contribution is -0.137. The number of aromatic nitrogens is 2. The minimum atomic E-state index is -0.111. The monoisotopic (exact) mass is 340 g/mol. The zero-order valence-electron chi connectivity index (χ0n) is 14.4. The summed E-state index contributed by atoms with van der Waals surface area (Å²) in [5.74, 6) is 0.894. The molecule has 3 heterocycles. The van der Waals surface area contributed by atoms with Crippen molar-refractivity contribution in [2.75, 3.05) is 19.6 Å². The van der Waals surface area contributed by atoms with Crippen molar-refractivity contribution in [1.29, 1.82) is 0 Å². The maximum atomic E-state index is 12.9. The van der Waals surface area contributed by atoms with Gasteiger partial charge >= 0.3 is 0 Å². The van der Waals surface area contributed by atoms with Crippen molar-refractivity contribution in [3.05, 3.63) is 40.4 Å². The van der Waals surface area contributed by atoms with E-state index in [0.29, 0.717) is 23.3 Å². The Kier molecular flexibility index (Phi) is 4.53.